The molecule has 0 radical (unpaired) electrons. The molecule has 0 saturated heterocycles. The highest BCUT2D eigenvalue weighted by Gasteiger charge is 2.42. The normalized spacial score (nSPS) is 19.7. The van der Waals surface area contributed by atoms with Crippen LogP contribution in [0.3, 0.4) is 0 Å². The maximum atomic E-state index is 11.2. The Bertz CT molecular complexity index is 942. The summed E-state index contributed by atoms with van der Waals surface area (Å²) in [5, 5.41) is 11.2. The standard InChI is InChI=1S/C23H30NO6/c1-24(2)9-8-15-11-20-22(30-13-29-20)23(28-5)21(15)16(24)12-17(25)14-6-7-18(26-3)19(10-14)27-4/h6-7,10-11,16-17,25H,8-9,12-13H2,1-5H3/q+1. The first-order valence-corrected chi connectivity index (χ1v) is 10.1. The van der Waals surface area contributed by atoms with Crippen molar-refractivity contribution in [2.45, 2.75) is 25.0 Å². The number of benzene rings is 2. The quantitative estimate of drug-likeness (QED) is 0.730. The van der Waals surface area contributed by atoms with E-state index in [1.54, 1.807) is 21.3 Å². The van der Waals surface area contributed by atoms with Crippen molar-refractivity contribution in [1.29, 1.82) is 0 Å². The highest BCUT2D eigenvalue weighted by molar-refractivity contribution is 5.61. The number of hydrogen-bond acceptors (Lipinski definition) is 6. The van der Waals surface area contributed by atoms with Crippen LogP contribution < -0.4 is 23.7 Å². The first-order valence-electron chi connectivity index (χ1n) is 10.1. The maximum absolute atomic E-state index is 11.2. The summed E-state index contributed by atoms with van der Waals surface area (Å²) in [6.45, 7) is 1.16. The van der Waals surface area contributed by atoms with Crippen LogP contribution >= 0.6 is 0 Å². The molecule has 162 valence electrons. The van der Waals surface area contributed by atoms with E-state index in [2.05, 4.69) is 20.2 Å². The first-order chi connectivity index (χ1) is 14.4. The summed E-state index contributed by atoms with van der Waals surface area (Å²) in [5.74, 6) is 3.35. The summed E-state index contributed by atoms with van der Waals surface area (Å²) in [7, 11) is 9.24. The van der Waals surface area contributed by atoms with Gasteiger partial charge in [0.1, 0.15) is 6.04 Å². The number of quaternary nitrogens is 1. The van der Waals surface area contributed by atoms with E-state index in [1.165, 1.54) is 5.56 Å². The van der Waals surface area contributed by atoms with Crippen molar-refractivity contribution >= 4 is 0 Å². The molecule has 2 atom stereocenters. The average Bonchev–Trinajstić information content (AvgIpc) is 3.21. The molecule has 2 aromatic carbocycles. The molecule has 0 fully saturated rings. The number of fused-ring (bicyclic) bond motifs is 2. The van der Waals surface area contributed by atoms with Crippen LogP contribution in [-0.4, -0.2) is 58.4 Å². The second kappa shape index (κ2) is 7.89. The third-order valence-electron chi connectivity index (χ3n) is 6.32. The van der Waals surface area contributed by atoms with E-state index < -0.39 is 6.10 Å². The molecular weight excluding hydrogens is 386 g/mol. The van der Waals surface area contributed by atoms with Gasteiger partial charge in [0.05, 0.1) is 53.6 Å². The van der Waals surface area contributed by atoms with Crippen molar-refractivity contribution in [2.75, 3.05) is 48.8 Å². The summed E-state index contributed by atoms with van der Waals surface area (Å²) >= 11 is 0. The van der Waals surface area contributed by atoms with Gasteiger partial charge in [-0.05, 0) is 29.3 Å². The highest BCUT2D eigenvalue weighted by Crippen LogP contribution is 2.52. The molecule has 1 N–H and O–H groups in total. The van der Waals surface area contributed by atoms with Gasteiger partial charge in [-0.3, -0.25) is 0 Å². The summed E-state index contributed by atoms with van der Waals surface area (Å²) in [6.07, 6.45) is 0.775. The average molecular weight is 416 g/mol. The number of ether oxygens (including phenoxy) is 5. The van der Waals surface area contributed by atoms with Gasteiger partial charge < -0.3 is 33.3 Å². The van der Waals surface area contributed by atoms with E-state index >= 15 is 0 Å². The summed E-state index contributed by atoms with van der Waals surface area (Å²) in [6, 6.07) is 7.64. The molecule has 0 aliphatic carbocycles. The summed E-state index contributed by atoms with van der Waals surface area (Å²) in [5.41, 5.74) is 3.08. The first kappa shape index (κ1) is 20.6. The Labute approximate surface area is 177 Å². The fourth-order valence-electron chi connectivity index (χ4n) is 4.58. The Morgan fingerprint density at radius 3 is 2.53 bits per heavy atom. The van der Waals surface area contributed by atoms with Crippen molar-refractivity contribution in [3.05, 3.63) is 41.0 Å². The fraction of sp³-hybridized carbons (Fsp3) is 0.478. The van der Waals surface area contributed by atoms with E-state index in [1.807, 2.05) is 18.2 Å². The number of aliphatic hydroxyl groups is 1. The number of nitrogens with zero attached hydrogens (tertiary/aromatic N) is 1. The van der Waals surface area contributed by atoms with Gasteiger partial charge in [-0.15, -0.1) is 0 Å². The topological polar surface area (TPSA) is 66.4 Å². The van der Waals surface area contributed by atoms with E-state index in [4.69, 9.17) is 23.7 Å². The Morgan fingerprint density at radius 2 is 1.83 bits per heavy atom. The molecule has 0 amide bonds. The van der Waals surface area contributed by atoms with Crippen LogP contribution in [0.25, 0.3) is 0 Å². The van der Waals surface area contributed by atoms with Crippen LogP contribution in [0.5, 0.6) is 28.7 Å². The number of hydrogen-bond donors (Lipinski definition) is 1. The largest absolute Gasteiger partial charge is 0.493 e. The minimum absolute atomic E-state index is 0.0290. The molecule has 2 aliphatic heterocycles. The third-order valence-corrected chi connectivity index (χ3v) is 6.32. The monoisotopic (exact) mass is 416 g/mol. The second-order valence-corrected chi connectivity index (χ2v) is 8.35. The Balaban J connectivity index is 1.72. The molecule has 0 aromatic heterocycles. The van der Waals surface area contributed by atoms with Crippen LogP contribution in [0.1, 0.15) is 35.3 Å². The van der Waals surface area contributed by atoms with Crippen molar-refractivity contribution in [1.82, 2.24) is 0 Å². The molecular formula is C23H30NO6+. The minimum Gasteiger partial charge on any atom is -0.493 e. The second-order valence-electron chi connectivity index (χ2n) is 8.35. The fourth-order valence-corrected chi connectivity index (χ4v) is 4.58. The van der Waals surface area contributed by atoms with E-state index in [-0.39, 0.29) is 12.8 Å². The van der Waals surface area contributed by atoms with E-state index in [9.17, 15) is 5.11 Å². The van der Waals surface area contributed by atoms with Crippen LogP contribution in [0.15, 0.2) is 24.3 Å². The van der Waals surface area contributed by atoms with Gasteiger partial charge in [-0.2, -0.15) is 0 Å². The van der Waals surface area contributed by atoms with Crippen LogP contribution in [-0.2, 0) is 6.42 Å². The Hall–Kier alpha value is -2.64. The number of aliphatic hydroxyl groups excluding tert-OH is 1. The van der Waals surface area contributed by atoms with Crippen molar-refractivity contribution < 1.29 is 33.3 Å². The number of rotatable bonds is 6. The van der Waals surface area contributed by atoms with Gasteiger partial charge in [-0.1, -0.05) is 6.07 Å². The molecule has 7 nitrogen and oxygen atoms in total. The molecule has 7 heteroatoms. The predicted molar refractivity (Wildman–Crippen MR) is 112 cm³/mol. The zero-order chi connectivity index (χ0) is 21.5. The van der Waals surface area contributed by atoms with Gasteiger partial charge in [0.2, 0.25) is 12.5 Å². The maximum Gasteiger partial charge on any atom is 0.231 e. The Morgan fingerprint density at radius 1 is 1.07 bits per heavy atom. The smallest absolute Gasteiger partial charge is 0.231 e. The van der Waals surface area contributed by atoms with Crippen molar-refractivity contribution in [2.24, 2.45) is 0 Å². The van der Waals surface area contributed by atoms with Gasteiger partial charge in [-0.25, -0.2) is 0 Å². The molecule has 2 aromatic rings. The molecule has 4 rings (SSSR count). The molecule has 2 unspecified atom stereocenters. The Kier molecular flexibility index (Phi) is 5.42. The molecule has 0 spiro atoms. The van der Waals surface area contributed by atoms with Crippen molar-refractivity contribution in [3.63, 3.8) is 0 Å². The summed E-state index contributed by atoms with van der Waals surface area (Å²) < 4.78 is 28.6. The van der Waals surface area contributed by atoms with Crippen LogP contribution in [0.2, 0.25) is 0 Å². The van der Waals surface area contributed by atoms with E-state index in [0.717, 1.165) is 40.1 Å². The molecule has 2 aliphatic rings. The lowest BCUT2D eigenvalue weighted by atomic mass is 9.85. The highest BCUT2D eigenvalue weighted by atomic mass is 16.7. The lowest BCUT2D eigenvalue weighted by Gasteiger charge is -2.44. The summed E-state index contributed by atoms with van der Waals surface area (Å²) in [4.78, 5) is 0. The van der Waals surface area contributed by atoms with Gasteiger partial charge in [0.25, 0.3) is 0 Å². The zero-order valence-corrected chi connectivity index (χ0v) is 18.2. The molecule has 0 saturated carbocycles. The number of methoxy groups -OCH3 is 3. The SMILES string of the molecule is COc1ccc(C(O)CC2c3c(cc4c(c3OC)OCO4)CC[N+]2(C)C)cc1OC. The minimum atomic E-state index is -0.673. The van der Waals surface area contributed by atoms with E-state index in [0.29, 0.717) is 23.7 Å². The number of likely N-dealkylation sites (N-methyl/N-ethyl adjacent to an activating group) is 1. The van der Waals surface area contributed by atoms with Gasteiger partial charge in [0, 0.05) is 12.8 Å². The van der Waals surface area contributed by atoms with Crippen LogP contribution in [0.4, 0.5) is 0 Å². The van der Waals surface area contributed by atoms with Crippen molar-refractivity contribution in [3.8, 4) is 28.7 Å². The molecule has 2 heterocycles. The molecule has 0 bridgehead atoms. The van der Waals surface area contributed by atoms with Gasteiger partial charge in [0.15, 0.2) is 23.0 Å². The zero-order valence-electron chi connectivity index (χ0n) is 18.2. The predicted octanol–water partition coefficient (Wildman–Crippen LogP) is 3.24. The lowest BCUT2D eigenvalue weighted by Crippen LogP contribution is -2.48. The van der Waals surface area contributed by atoms with Gasteiger partial charge >= 0.3 is 0 Å². The lowest BCUT2D eigenvalue weighted by molar-refractivity contribution is -0.924. The molecule has 30 heavy (non-hydrogen) atoms. The van der Waals surface area contributed by atoms with Crippen LogP contribution in [0, 0.1) is 0 Å². The third kappa shape index (κ3) is 3.42.